The summed E-state index contributed by atoms with van der Waals surface area (Å²) < 4.78 is 0. The molecule has 4 N–H and O–H groups in total. The van der Waals surface area contributed by atoms with Crippen molar-refractivity contribution < 1.29 is 4.79 Å². The number of carbonyl (C=O) groups excluding carboxylic acids is 1. The Morgan fingerprint density at radius 1 is 1.21 bits per heavy atom. The molecule has 1 aromatic carbocycles. The van der Waals surface area contributed by atoms with Crippen LogP contribution in [0.2, 0.25) is 0 Å². The summed E-state index contributed by atoms with van der Waals surface area (Å²) in [6, 6.07) is 8.18. The molecule has 8 heteroatoms. The number of carbonyl (C=O) groups is 1. The summed E-state index contributed by atoms with van der Waals surface area (Å²) in [5.74, 6) is 3.28. The van der Waals surface area contributed by atoms with E-state index >= 15 is 0 Å². The first-order chi connectivity index (χ1) is 13.9. The molecule has 1 fully saturated rings. The van der Waals surface area contributed by atoms with Crippen molar-refractivity contribution in [2.24, 2.45) is 11.8 Å². The molecule has 156 valence electrons. The Balaban J connectivity index is 1.52. The molecule has 3 atom stereocenters. The van der Waals surface area contributed by atoms with Crippen molar-refractivity contribution in [3.63, 3.8) is 0 Å². The number of amides is 1. The standard InChI is InChI=1S/C21H30N6OS/c1-13-8-6-10-17(15(13)3)23-19(28)12-29-11-18-25-20(22)27-21(26-18)24-16-9-5-4-7-14(16)2/h4-5,7,9,13,15,17H,6,8,10-12H2,1-3H3,(H,23,28)(H3,22,24,25,26,27)/t13-,15+,17-/m1/s1. The van der Waals surface area contributed by atoms with Gasteiger partial charge in [0.25, 0.3) is 0 Å². The smallest absolute Gasteiger partial charge is 0.232 e. The molecule has 1 heterocycles. The van der Waals surface area contributed by atoms with Crippen LogP contribution in [-0.4, -0.2) is 32.7 Å². The van der Waals surface area contributed by atoms with E-state index in [1.807, 2.05) is 31.2 Å². The van der Waals surface area contributed by atoms with Gasteiger partial charge in [0.2, 0.25) is 17.8 Å². The van der Waals surface area contributed by atoms with Crippen LogP contribution in [0, 0.1) is 18.8 Å². The number of nitrogens with two attached hydrogens (primary N) is 1. The first-order valence-corrected chi connectivity index (χ1v) is 11.3. The minimum absolute atomic E-state index is 0.0706. The number of para-hydroxylation sites is 1. The van der Waals surface area contributed by atoms with Crippen molar-refractivity contribution in [1.82, 2.24) is 20.3 Å². The first kappa shape index (κ1) is 21.4. The maximum Gasteiger partial charge on any atom is 0.232 e. The monoisotopic (exact) mass is 414 g/mol. The fourth-order valence-electron chi connectivity index (χ4n) is 3.66. The molecule has 0 bridgehead atoms. The van der Waals surface area contributed by atoms with Crippen molar-refractivity contribution in [3.05, 3.63) is 35.7 Å². The van der Waals surface area contributed by atoms with E-state index in [1.54, 1.807) is 0 Å². The number of aromatic nitrogens is 3. The lowest BCUT2D eigenvalue weighted by Gasteiger charge is -2.34. The molecule has 0 unspecified atom stereocenters. The maximum absolute atomic E-state index is 12.3. The Labute approximate surface area is 176 Å². The predicted molar refractivity (Wildman–Crippen MR) is 119 cm³/mol. The summed E-state index contributed by atoms with van der Waals surface area (Å²) in [5.41, 5.74) is 7.86. The van der Waals surface area contributed by atoms with Crippen LogP contribution in [0.15, 0.2) is 24.3 Å². The van der Waals surface area contributed by atoms with Gasteiger partial charge in [0, 0.05) is 11.7 Å². The first-order valence-electron chi connectivity index (χ1n) is 10.1. The number of nitrogens with one attached hydrogen (secondary N) is 2. The summed E-state index contributed by atoms with van der Waals surface area (Å²) in [5, 5.41) is 6.38. The van der Waals surface area contributed by atoms with Crippen LogP contribution in [0.1, 0.15) is 44.5 Å². The molecule has 0 spiro atoms. The highest BCUT2D eigenvalue weighted by Gasteiger charge is 2.27. The predicted octanol–water partition coefficient (Wildman–Crippen LogP) is 3.68. The zero-order valence-corrected chi connectivity index (χ0v) is 18.1. The van der Waals surface area contributed by atoms with E-state index in [4.69, 9.17) is 5.73 Å². The lowest BCUT2D eigenvalue weighted by molar-refractivity contribution is -0.119. The SMILES string of the molecule is Cc1ccccc1Nc1nc(N)nc(CSCC(=O)N[C@@H]2CCC[C@@H](C)[C@@H]2C)n1. The van der Waals surface area contributed by atoms with E-state index in [2.05, 4.69) is 39.4 Å². The van der Waals surface area contributed by atoms with E-state index < -0.39 is 0 Å². The molecule has 1 aliphatic carbocycles. The van der Waals surface area contributed by atoms with Crippen LogP contribution in [0.25, 0.3) is 0 Å². The summed E-state index contributed by atoms with van der Waals surface area (Å²) >= 11 is 1.48. The molecule has 0 aliphatic heterocycles. The number of nitrogens with zero attached hydrogens (tertiary/aromatic N) is 3. The highest BCUT2D eigenvalue weighted by molar-refractivity contribution is 7.99. The Hall–Kier alpha value is -2.35. The Morgan fingerprint density at radius 3 is 2.79 bits per heavy atom. The van der Waals surface area contributed by atoms with E-state index in [9.17, 15) is 4.79 Å². The van der Waals surface area contributed by atoms with Gasteiger partial charge in [-0.05, 0) is 36.8 Å². The van der Waals surface area contributed by atoms with Gasteiger partial charge in [-0.2, -0.15) is 15.0 Å². The number of nitrogen functional groups attached to an aromatic ring is 1. The summed E-state index contributed by atoms with van der Waals surface area (Å²) in [7, 11) is 0. The molecule has 0 saturated heterocycles. The van der Waals surface area contributed by atoms with Gasteiger partial charge in [-0.1, -0.05) is 44.9 Å². The molecular formula is C21H30N6OS. The largest absolute Gasteiger partial charge is 0.368 e. The van der Waals surface area contributed by atoms with Gasteiger partial charge < -0.3 is 16.4 Å². The van der Waals surface area contributed by atoms with Crippen LogP contribution in [0.3, 0.4) is 0 Å². The summed E-state index contributed by atoms with van der Waals surface area (Å²) in [6.45, 7) is 6.51. The molecule has 1 amide bonds. The van der Waals surface area contributed by atoms with Gasteiger partial charge in [0.15, 0.2) is 0 Å². The zero-order valence-electron chi connectivity index (χ0n) is 17.3. The van der Waals surface area contributed by atoms with Gasteiger partial charge in [-0.15, -0.1) is 11.8 Å². The van der Waals surface area contributed by atoms with Crippen molar-refractivity contribution in [2.45, 2.75) is 51.8 Å². The highest BCUT2D eigenvalue weighted by Crippen LogP contribution is 2.29. The molecule has 2 aromatic rings. The number of benzene rings is 1. The van der Waals surface area contributed by atoms with Crippen LogP contribution >= 0.6 is 11.8 Å². The topological polar surface area (TPSA) is 106 Å². The Morgan fingerprint density at radius 2 is 2.00 bits per heavy atom. The van der Waals surface area contributed by atoms with Crippen molar-refractivity contribution >= 4 is 35.3 Å². The quantitative estimate of drug-likeness (QED) is 0.634. The van der Waals surface area contributed by atoms with Gasteiger partial charge in [-0.25, -0.2) is 0 Å². The molecular weight excluding hydrogens is 384 g/mol. The van der Waals surface area contributed by atoms with E-state index in [0.717, 1.165) is 17.7 Å². The van der Waals surface area contributed by atoms with E-state index in [-0.39, 0.29) is 17.9 Å². The number of hydrogen-bond acceptors (Lipinski definition) is 7. The van der Waals surface area contributed by atoms with Gasteiger partial charge in [0.1, 0.15) is 5.82 Å². The number of rotatable bonds is 7. The van der Waals surface area contributed by atoms with Gasteiger partial charge in [-0.3, -0.25) is 4.79 Å². The molecule has 3 rings (SSSR count). The molecule has 7 nitrogen and oxygen atoms in total. The average Bonchev–Trinajstić information content (AvgIpc) is 2.67. The Kier molecular flexibility index (Phi) is 7.30. The second-order valence-corrected chi connectivity index (χ2v) is 8.79. The number of thioether (sulfide) groups is 1. The normalized spacial score (nSPS) is 21.6. The second-order valence-electron chi connectivity index (χ2n) is 7.81. The molecule has 1 aliphatic rings. The minimum Gasteiger partial charge on any atom is -0.368 e. The average molecular weight is 415 g/mol. The van der Waals surface area contributed by atoms with Crippen molar-refractivity contribution in [3.8, 4) is 0 Å². The Bertz CT molecular complexity index is 846. The maximum atomic E-state index is 12.3. The number of aryl methyl sites for hydroxylation is 1. The lowest BCUT2D eigenvalue weighted by atomic mass is 9.78. The van der Waals surface area contributed by atoms with Crippen LogP contribution in [0.5, 0.6) is 0 Å². The third-order valence-electron chi connectivity index (χ3n) is 5.61. The van der Waals surface area contributed by atoms with Crippen molar-refractivity contribution in [2.75, 3.05) is 16.8 Å². The van der Waals surface area contributed by atoms with Gasteiger partial charge >= 0.3 is 0 Å². The van der Waals surface area contributed by atoms with Crippen LogP contribution in [-0.2, 0) is 10.5 Å². The molecule has 1 saturated carbocycles. The fourth-order valence-corrected chi connectivity index (χ4v) is 4.34. The van der Waals surface area contributed by atoms with E-state index in [0.29, 0.717) is 35.1 Å². The lowest BCUT2D eigenvalue weighted by Crippen LogP contribution is -2.44. The van der Waals surface area contributed by atoms with Crippen LogP contribution < -0.4 is 16.4 Å². The van der Waals surface area contributed by atoms with E-state index in [1.165, 1.54) is 24.6 Å². The highest BCUT2D eigenvalue weighted by atomic mass is 32.2. The number of anilines is 3. The number of hydrogen-bond donors (Lipinski definition) is 3. The third-order valence-corrected chi connectivity index (χ3v) is 6.54. The summed E-state index contributed by atoms with van der Waals surface area (Å²) in [4.78, 5) is 25.1. The fraction of sp³-hybridized carbons (Fsp3) is 0.524. The molecule has 0 radical (unpaired) electrons. The second kappa shape index (κ2) is 9.91. The third kappa shape index (κ3) is 6.06. The molecule has 29 heavy (non-hydrogen) atoms. The van der Waals surface area contributed by atoms with Crippen LogP contribution in [0.4, 0.5) is 17.6 Å². The zero-order chi connectivity index (χ0) is 20.8. The molecule has 1 aromatic heterocycles. The van der Waals surface area contributed by atoms with Gasteiger partial charge in [0.05, 0.1) is 11.5 Å². The minimum atomic E-state index is 0.0706. The van der Waals surface area contributed by atoms with Crippen molar-refractivity contribution in [1.29, 1.82) is 0 Å². The summed E-state index contributed by atoms with van der Waals surface area (Å²) in [6.07, 6.45) is 3.51.